The lowest BCUT2D eigenvalue weighted by atomic mass is 10.1. The van der Waals surface area contributed by atoms with Gasteiger partial charge in [0.2, 0.25) is 0 Å². The maximum absolute atomic E-state index is 8.52. The number of thioether (sulfide) groups is 1. The lowest BCUT2D eigenvalue weighted by molar-refractivity contribution is 1.21. The van der Waals surface area contributed by atoms with E-state index in [0.717, 1.165) is 4.90 Å². The minimum Gasteiger partial charge on any atom is -0.185 e. The Morgan fingerprint density at radius 1 is 1.08 bits per heavy atom. The van der Waals surface area contributed by atoms with Crippen molar-refractivity contribution in [1.82, 2.24) is 0 Å². The number of nitriles is 1. The van der Waals surface area contributed by atoms with E-state index in [9.17, 15) is 0 Å². The summed E-state index contributed by atoms with van der Waals surface area (Å²) in [6.07, 6.45) is 0. The molecule has 1 nitrogen and oxygen atoms in total. The molecule has 62 valence electrons. The second-order valence-electron chi connectivity index (χ2n) is 2.90. The largest absolute Gasteiger partial charge is 0.185 e. The maximum atomic E-state index is 8.52. The molecule has 0 aliphatic rings. The zero-order chi connectivity index (χ0) is 9.14. The van der Waals surface area contributed by atoms with Gasteiger partial charge in [0, 0.05) is 4.90 Å². The van der Waals surface area contributed by atoms with Crippen LogP contribution in [0, 0.1) is 31.4 Å². The normalized spacial score (nSPS) is 9.50. The molecule has 0 aromatic heterocycles. The van der Waals surface area contributed by atoms with Crippen molar-refractivity contribution in [2.45, 2.75) is 25.7 Å². The van der Waals surface area contributed by atoms with Gasteiger partial charge in [-0.2, -0.15) is 5.26 Å². The fourth-order valence-corrected chi connectivity index (χ4v) is 1.65. The molecule has 1 aromatic rings. The van der Waals surface area contributed by atoms with Crippen LogP contribution in [0.2, 0.25) is 0 Å². The number of hydrogen-bond acceptors (Lipinski definition) is 2. The average Bonchev–Trinajstić information content (AvgIpc) is 2.01. The molecule has 0 N–H and O–H groups in total. The molecule has 1 aromatic carbocycles. The summed E-state index contributed by atoms with van der Waals surface area (Å²) < 4.78 is 0. The van der Waals surface area contributed by atoms with Gasteiger partial charge in [-0.15, -0.1) is 0 Å². The highest BCUT2D eigenvalue weighted by atomic mass is 32.2. The first-order valence-electron chi connectivity index (χ1n) is 3.79. The SMILES string of the molecule is Cc1cc(C)c(SC#N)cc1C. The van der Waals surface area contributed by atoms with Gasteiger partial charge in [0.15, 0.2) is 0 Å². The highest BCUT2D eigenvalue weighted by molar-refractivity contribution is 8.03. The molecule has 0 aliphatic heterocycles. The summed E-state index contributed by atoms with van der Waals surface area (Å²) in [5.74, 6) is 0. The summed E-state index contributed by atoms with van der Waals surface area (Å²) in [4.78, 5) is 1.07. The lowest BCUT2D eigenvalue weighted by Crippen LogP contribution is -1.85. The number of nitrogens with zero attached hydrogens (tertiary/aromatic N) is 1. The molecule has 0 fully saturated rings. The lowest BCUT2D eigenvalue weighted by Gasteiger charge is -2.05. The van der Waals surface area contributed by atoms with Crippen LogP contribution in [0.3, 0.4) is 0 Å². The van der Waals surface area contributed by atoms with Crippen molar-refractivity contribution >= 4 is 11.8 Å². The van der Waals surface area contributed by atoms with Crippen molar-refractivity contribution in [2.75, 3.05) is 0 Å². The third kappa shape index (κ3) is 1.80. The van der Waals surface area contributed by atoms with Crippen molar-refractivity contribution in [3.63, 3.8) is 0 Å². The van der Waals surface area contributed by atoms with Crippen LogP contribution in [0.5, 0.6) is 0 Å². The topological polar surface area (TPSA) is 23.8 Å². The highest BCUT2D eigenvalue weighted by Gasteiger charge is 2.01. The van der Waals surface area contributed by atoms with Crippen LogP contribution in [0.4, 0.5) is 0 Å². The highest BCUT2D eigenvalue weighted by Crippen LogP contribution is 2.24. The van der Waals surface area contributed by atoms with Crippen LogP contribution in [0.15, 0.2) is 17.0 Å². The van der Waals surface area contributed by atoms with Gasteiger partial charge in [0.25, 0.3) is 0 Å². The smallest absolute Gasteiger partial charge is 0.138 e. The summed E-state index contributed by atoms with van der Waals surface area (Å²) in [5, 5.41) is 10.6. The Morgan fingerprint density at radius 2 is 1.67 bits per heavy atom. The first kappa shape index (κ1) is 9.15. The predicted molar refractivity (Wildman–Crippen MR) is 52.1 cm³/mol. The van der Waals surface area contributed by atoms with Crippen molar-refractivity contribution < 1.29 is 0 Å². The second kappa shape index (κ2) is 3.64. The van der Waals surface area contributed by atoms with Crippen molar-refractivity contribution in [3.8, 4) is 5.40 Å². The molecule has 0 saturated carbocycles. The molecule has 0 heterocycles. The number of aryl methyl sites for hydroxylation is 3. The summed E-state index contributed by atoms with van der Waals surface area (Å²) in [6.45, 7) is 6.19. The molecule has 0 amide bonds. The molecule has 0 saturated heterocycles. The second-order valence-corrected chi connectivity index (χ2v) is 3.72. The third-order valence-corrected chi connectivity index (χ3v) is 2.70. The summed E-state index contributed by atoms with van der Waals surface area (Å²) in [5.41, 5.74) is 3.72. The van der Waals surface area contributed by atoms with E-state index in [1.165, 1.54) is 28.5 Å². The van der Waals surface area contributed by atoms with Crippen LogP contribution in [0.25, 0.3) is 0 Å². The standard InChI is InChI=1S/C10H11NS/c1-7-4-9(3)10(12-6-11)5-8(7)2/h4-5H,1-3H3. The maximum Gasteiger partial charge on any atom is 0.138 e. The zero-order valence-corrected chi connectivity index (χ0v) is 8.33. The van der Waals surface area contributed by atoms with Gasteiger partial charge in [-0.1, -0.05) is 6.07 Å². The number of thiocyanates is 1. The molecular formula is C10H11NS. The number of benzene rings is 1. The van der Waals surface area contributed by atoms with Crippen LogP contribution in [-0.4, -0.2) is 0 Å². The Balaban J connectivity index is 3.16. The van der Waals surface area contributed by atoms with Crippen LogP contribution in [0.1, 0.15) is 16.7 Å². The number of hydrogen-bond donors (Lipinski definition) is 0. The van der Waals surface area contributed by atoms with E-state index < -0.39 is 0 Å². The third-order valence-electron chi connectivity index (χ3n) is 1.95. The zero-order valence-electron chi connectivity index (χ0n) is 7.51. The molecule has 0 unspecified atom stereocenters. The predicted octanol–water partition coefficient (Wildman–Crippen LogP) is 3.19. The number of rotatable bonds is 1. The van der Waals surface area contributed by atoms with Gasteiger partial charge in [-0.3, -0.25) is 0 Å². The summed E-state index contributed by atoms with van der Waals surface area (Å²) >= 11 is 1.23. The van der Waals surface area contributed by atoms with Gasteiger partial charge < -0.3 is 0 Å². The monoisotopic (exact) mass is 177 g/mol. The van der Waals surface area contributed by atoms with E-state index >= 15 is 0 Å². The van der Waals surface area contributed by atoms with Crippen LogP contribution >= 0.6 is 11.8 Å². The quantitative estimate of drug-likeness (QED) is 0.486. The molecule has 0 aliphatic carbocycles. The first-order valence-corrected chi connectivity index (χ1v) is 4.60. The first-order chi connectivity index (χ1) is 5.65. The van der Waals surface area contributed by atoms with E-state index in [1.807, 2.05) is 6.92 Å². The molecule has 1 rings (SSSR count). The fourth-order valence-electron chi connectivity index (χ4n) is 1.09. The van der Waals surface area contributed by atoms with Gasteiger partial charge in [-0.05, 0) is 55.3 Å². The van der Waals surface area contributed by atoms with Crippen molar-refractivity contribution in [3.05, 3.63) is 28.8 Å². The van der Waals surface area contributed by atoms with Crippen molar-refractivity contribution in [1.29, 1.82) is 5.26 Å². The Kier molecular flexibility index (Phi) is 2.78. The van der Waals surface area contributed by atoms with E-state index in [4.69, 9.17) is 5.26 Å². The average molecular weight is 177 g/mol. The van der Waals surface area contributed by atoms with Gasteiger partial charge in [0.05, 0.1) is 0 Å². The minimum absolute atomic E-state index is 1.07. The molecule has 2 heteroatoms. The van der Waals surface area contributed by atoms with Gasteiger partial charge >= 0.3 is 0 Å². The Labute approximate surface area is 77.4 Å². The van der Waals surface area contributed by atoms with Gasteiger partial charge in [0.1, 0.15) is 5.40 Å². The molecule has 0 spiro atoms. The minimum atomic E-state index is 1.07. The van der Waals surface area contributed by atoms with E-state index in [1.54, 1.807) is 0 Å². The Bertz CT molecular complexity index is 336. The van der Waals surface area contributed by atoms with Crippen LogP contribution < -0.4 is 0 Å². The molecule has 0 atom stereocenters. The molecule has 0 radical (unpaired) electrons. The van der Waals surface area contributed by atoms with E-state index in [0.29, 0.717) is 0 Å². The molecule has 0 bridgehead atoms. The van der Waals surface area contributed by atoms with E-state index in [2.05, 4.69) is 31.4 Å². The van der Waals surface area contributed by atoms with Crippen molar-refractivity contribution in [2.24, 2.45) is 0 Å². The fraction of sp³-hybridized carbons (Fsp3) is 0.300. The van der Waals surface area contributed by atoms with Crippen LogP contribution in [-0.2, 0) is 0 Å². The van der Waals surface area contributed by atoms with E-state index in [-0.39, 0.29) is 0 Å². The Morgan fingerprint density at radius 3 is 2.25 bits per heavy atom. The molecule has 12 heavy (non-hydrogen) atoms. The van der Waals surface area contributed by atoms with Gasteiger partial charge in [-0.25, -0.2) is 0 Å². The Hall–Kier alpha value is -0.940. The summed E-state index contributed by atoms with van der Waals surface area (Å²) in [6, 6.07) is 4.19. The molecular weight excluding hydrogens is 166 g/mol. The summed E-state index contributed by atoms with van der Waals surface area (Å²) in [7, 11) is 0.